The molecule has 1 atom stereocenters. The Balaban J connectivity index is 1.56. The predicted molar refractivity (Wildman–Crippen MR) is 123 cm³/mol. The first-order valence-electron chi connectivity index (χ1n) is 9.92. The van der Waals surface area contributed by atoms with Crippen molar-refractivity contribution >= 4 is 23.4 Å². The van der Waals surface area contributed by atoms with E-state index >= 15 is 0 Å². The second-order valence-corrected chi connectivity index (χ2v) is 8.20. The molecule has 1 aromatic heterocycles. The van der Waals surface area contributed by atoms with Gasteiger partial charge in [0.1, 0.15) is 0 Å². The van der Waals surface area contributed by atoms with Crippen LogP contribution in [0.5, 0.6) is 5.75 Å². The maximum atomic E-state index is 13.9. The van der Waals surface area contributed by atoms with E-state index in [4.69, 9.17) is 4.74 Å². The molecule has 5 nitrogen and oxygen atoms in total. The molecule has 0 saturated heterocycles. The largest absolute Gasteiger partial charge is 0.494 e. The number of halogens is 1. The number of anilines is 1. The fourth-order valence-electron chi connectivity index (χ4n) is 3.01. The summed E-state index contributed by atoms with van der Waals surface area (Å²) in [5.74, 6) is 0.439. The number of benzene rings is 2. The molecule has 0 aliphatic heterocycles. The number of amides is 1. The smallest absolute Gasteiger partial charge is 0.241 e. The summed E-state index contributed by atoms with van der Waals surface area (Å²) in [6, 6.07) is 18.1. The summed E-state index contributed by atoms with van der Waals surface area (Å²) in [6.07, 6.45) is 1.77. The molecule has 3 aromatic rings. The van der Waals surface area contributed by atoms with Gasteiger partial charge in [-0.1, -0.05) is 24.3 Å². The number of nitrogens with one attached hydrogen (secondary N) is 1. The van der Waals surface area contributed by atoms with Crippen LogP contribution < -0.4 is 10.1 Å². The van der Waals surface area contributed by atoms with Crippen molar-refractivity contribution < 1.29 is 13.9 Å². The van der Waals surface area contributed by atoms with E-state index in [2.05, 4.69) is 10.3 Å². The van der Waals surface area contributed by atoms with Gasteiger partial charge in [0.2, 0.25) is 5.91 Å². The Morgan fingerprint density at radius 3 is 2.71 bits per heavy atom. The number of rotatable bonds is 9. The first kappa shape index (κ1) is 22.8. The molecule has 0 fully saturated rings. The molecule has 31 heavy (non-hydrogen) atoms. The Hall–Kier alpha value is -2.90. The van der Waals surface area contributed by atoms with Gasteiger partial charge in [-0.2, -0.15) is 0 Å². The average molecular weight is 440 g/mol. The van der Waals surface area contributed by atoms with E-state index in [1.165, 1.54) is 13.2 Å². The number of hydrogen-bond donors (Lipinski definition) is 1. The third kappa shape index (κ3) is 6.54. The summed E-state index contributed by atoms with van der Waals surface area (Å²) in [6.45, 7) is 2.27. The normalized spacial score (nSPS) is 11.9. The van der Waals surface area contributed by atoms with Gasteiger partial charge in [-0.15, -0.1) is 11.8 Å². The van der Waals surface area contributed by atoms with Crippen LogP contribution in [0.2, 0.25) is 0 Å². The minimum atomic E-state index is -0.411. The number of aromatic nitrogens is 1. The Morgan fingerprint density at radius 2 is 2.00 bits per heavy atom. The molecule has 0 aliphatic carbocycles. The van der Waals surface area contributed by atoms with Crippen LogP contribution in [0.15, 0.2) is 71.9 Å². The van der Waals surface area contributed by atoms with Crippen LogP contribution in [0.25, 0.3) is 0 Å². The number of hydrogen-bond acceptors (Lipinski definition) is 5. The first-order valence-corrected chi connectivity index (χ1v) is 10.9. The van der Waals surface area contributed by atoms with Crippen LogP contribution >= 0.6 is 11.8 Å². The summed E-state index contributed by atoms with van der Waals surface area (Å²) < 4.78 is 18.9. The molecule has 0 spiro atoms. The lowest BCUT2D eigenvalue weighted by Crippen LogP contribution is -2.39. The van der Waals surface area contributed by atoms with Gasteiger partial charge < -0.3 is 10.1 Å². The molecule has 1 heterocycles. The molecule has 0 aliphatic rings. The van der Waals surface area contributed by atoms with Crippen LogP contribution in [-0.2, 0) is 17.1 Å². The fraction of sp³-hybridized carbons (Fsp3) is 0.250. The van der Waals surface area contributed by atoms with Crippen LogP contribution in [-0.4, -0.2) is 36.0 Å². The van der Waals surface area contributed by atoms with Gasteiger partial charge in [-0.25, -0.2) is 9.37 Å². The molecule has 1 amide bonds. The van der Waals surface area contributed by atoms with Crippen molar-refractivity contribution in [2.45, 2.75) is 30.3 Å². The fourth-order valence-corrected chi connectivity index (χ4v) is 3.81. The molecule has 3 rings (SSSR count). The SMILES string of the molecule is COc1ccc(CN(C)[C@@H](C)C(=O)Nc2cccc(CSc3ccccn3)c2)cc1F. The van der Waals surface area contributed by atoms with Crippen LogP contribution in [0, 0.1) is 5.82 Å². The second kappa shape index (κ2) is 10.9. The summed E-state index contributed by atoms with van der Waals surface area (Å²) >= 11 is 1.65. The molecular weight excluding hydrogens is 413 g/mol. The van der Waals surface area contributed by atoms with Crippen LogP contribution in [0.1, 0.15) is 18.1 Å². The van der Waals surface area contributed by atoms with Gasteiger partial charge in [-0.05, 0) is 61.5 Å². The van der Waals surface area contributed by atoms with E-state index in [0.717, 1.165) is 27.6 Å². The summed E-state index contributed by atoms with van der Waals surface area (Å²) in [5, 5.41) is 3.94. The van der Waals surface area contributed by atoms with Crippen molar-refractivity contribution in [3.8, 4) is 5.75 Å². The quantitative estimate of drug-likeness (QED) is 0.477. The lowest BCUT2D eigenvalue weighted by atomic mass is 10.1. The number of carbonyl (C=O) groups is 1. The number of methoxy groups -OCH3 is 1. The van der Waals surface area contributed by atoms with Gasteiger partial charge >= 0.3 is 0 Å². The summed E-state index contributed by atoms with van der Waals surface area (Å²) in [4.78, 5) is 18.9. The highest BCUT2D eigenvalue weighted by Crippen LogP contribution is 2.23. The molecule has 0 unspecified atom stereocenters. The Morgan fingerprint density at radius 1 is 1.16 bits per heavy atom. The number of thioether (sulfide) groups is 1. The maximum Gasteiger partial charge on any atom is 0.241 e. The second-order valence-electron chi connectivity index (χ2n) is 7.21. The molecule has 2 aromatic carbocycles. The highest BCUT2D eigenvalue weighted by molar-refractivity contribution is 7.98. The monoisotopic (exact) mass is 439 g/mol. The molecular formula is C24H26FN3O2S. The average Bonchev–Trinajstić information content (AvgIpc) is 2.78. The van der Waals surface area contributed by atoms with Gasteiger partial charge in [0.05, 0.1) is 18.2 Å². The topological polar surface area (TPSA) is 54.5 Å². The van der Waals surface area contributed by atoms with Crippen molar-refractivity contribution in [3.63, 3.8) is 0 Å². The molecule has 7 heteroatoms. The predicted octanol–water partition coefficient (Wildman–Crippen LogP) is 4.98. The van der Waals surface area contributed by atoms with E-state index < -0.39 is 11.9 Å². The molecule has 0 saturated carbocycles. The number of pyridine rings is 1. The highest BCUT2D eigenvalue weighted by Gasteiger charge is 2.19. The molecule has 1 N–H and O–H groups in total. The van der Waals surface area contributed by atoms with Crippen molar-refractivity contribution in [1.29, 1.82) is 0 Å². The summed E-state index contributed by atoms with van der Waals surface area (Å²) in [7, 11) is 3.27. The Labute approximate surface area is 186 Å². The number of nitrogens with zero attached hydrogens (tertiary/aromatic N) is 2. The van der Waals surface area contributed by atoms with E-state index in [9.17, 15) is 9.18 Å². The highest BCUT2D eigenvalue weighted by atomic mass is 32.2. The van der Waals surface area contributed by atoms with E-state index in [-0.39, 0.29) is 11.7 Å². The van der Waals surface area contributed by atoms with Crippen molar-refractivity contribution in [2.75, 3.05) is 19.5 Å². The van der Waals surface area contributed by atoms with Crippen molar-refractivity contribution in [3.05, 3.63) is 83.8 Å². The number of carbonyl (C=O) groups excluding carboxylic acids is 1. The van der Waals surface area contributed by atoms with E-state index in [1.807, 2.05) is 61.3 Å². The van der Waals surface area contributed by atoms with E-state index in [0.29, 0.717) is 6.54 Å². The van der Waals surface area contributed by atoms with Gasteiger partial charge in [0.15, 0.2) is 11.6 Å². The van der Waals surface area contributed by atoms with E-state index in [1.54, 1.807) is 30.1 Å². The lowest BCUT2D eigenvalue weighted by Gasteiger charge is -2.24. The molecule has 162 valence electrons. The van der Waals surface area contributed by atoms with Gasteiger partial charge in [0, 0.05) is 24.2 Å². The first-order chi connectivity index (χ1) is 15.0. The summed E-state index contributed by atoms with van der Waals surface area (Å²) in [5.41, 5.74) is 2.62. The lowest BCUT2D eigenvalue weighted by molar-refractivity contribution is -0.120. The zero-order valence-electron chi connectivity index (χ0n) is 17.8. The number of ether oxygens (including phenoxy) is 1. The zero-order chi connectivity index (χ0) is 22.2. The minimum Gasteiger partial charge on any atom is -0.494 e. The van der Waals surface area contributed by atoms with Crippen molar-refractivity contribution in [2.24, 2.45) is 0 Å². The van der Waals surface area contributed by atoms with Crippen molar-refractivity contribution in [1.82, 2.24) is 9.88 Å². The molecule has 0 bridgehead atoms. The van der Waals surface area contributed by atoms with Crippen LogP contribution in [0.4, 0.5) is 10.1 Å². The number of likely N-dealkylation sites (N-methyl/N-ethyl adjacent to an activating group) is 1. The third-order valence-electron chi connectivity index (χ3n) is 4.91. The minimum absolute atomic E-state index is 0.119. The Kier molecular flexibility index (Phi) is 8.03. The zero-order valence-corrected chi connectivity index (χ0v) is 18.7. The third-order valence-corrected chi connectivity index (χ3v) is 5.92. The van der Waals surface area contributed by atoms with Gasteiger partial charge in [0.25, 0.3) is 0 Å². The Bertz CT molecular complexity index is 1020. The maximum absolute atomic E-state index is 13.9. The molecule has 0 radical (unpaired) electrons. The van der Waals surface area contributed by atoms with Crippen LogP contribution in [0.3, 0.4) is 0 Å². The standard InChI is InChI=1S/C24H26FN3O2S/c1-17(28(2)15-18-10-11-22(30-3)21(25)14-18)24(29)27-20-8-6-7-19(13-20)16-31-23-9-4-5-12-26-23/h4-14,17H,15-16H2,1-3H3,(H,27,29)/t17-/m0/s1. The van der Waals surface area contributed by atoms with Gasteiger partial charge in [-0.3, -0.25) is 9.69 Å².